The lowest BCUT2D eigenvalue weighted by atomic mass is 10.2. The molecule has 4 heteroatoms. The molecular weight excluding hydrogens is 204 g/mol. The zero-order chi connectivity index (χ0) is 12.0. The van der Waals surface area contributed by atoms with Gasteiger partial charge in [0.2, 0.25) is 0 Å². The molecular formula is C12H16N2O2. The van der Waals surface area contributed by atoms with Gasteiger partial charge in [0, 0.05) is 6.54 Å². The van der Waals surface area contributed by atoms with Gasteiger partial charge in [-0.2, -0.15) is 5.26 Å². The first kappa shape index (κ1) is 12.5. The number of benzene rings is 1. The molecule has 1 unspecified atom stereocenters. The Hall–Kier alpha value is -1.57. The summed E-state index contributed by atoms with van der Waals surface area (Å²) in [6.45, 7) is 0.783. The molecule has 0 spiro atoms. The fourth-order valence-corrected chi connectivity index (χ4v) is 1.32. The minimum atomic E-state index is -0.527. The Kier molecular flexibility index (Phi) is 4.77. The topological polar surface area (TPSA) is 56.5 Å². The minimum Gasteiger partial charge on any atom is -0.491 e. The number of aliphatic hydroxyl groups is 1. The van der Waals surface area contributed by atoms with Crippen LogP contribution in [0.15, 0.2) is 24.3 Å². The number of likely N-dealkylation sites (N-methyl/N-ethyl adjacent to an activating group) is 1. The third kappa shape index (κ3) is 4.30. The van der Waals surface area contributed by atoms with E-state index in [0.29, 0.717) is 17.9 Å². The molecule has 0 aliphatic carbocycles. The molecule has 0 bridgehead atoms. The monoisotopic (exact) mass is 220 g/mol. The van der Waals surface area contributed by atoms with Crippen molar-refractivity contribution < 1.29 is 9.84 Å². The van der Waals surface area contributed by atoms with Crippen LogP contribution in [0.1, 0.15) is 5.56 Å². The highest BCUT2D eigenvalue weighted by molar-refractivity contribution is 5.36. The normalized spacial score (nSPS) is 12.2. The fraction of sp³-hybridized carbons (Fsp3) is 0.417. The standard InChI is InChI=1S/C12H16N2O2/c1-14(2)8-11(15)9-16-12-5-3-4-10(6-12)7-13/h3-6,11,15H,8-9H2,1-2H3. The predicted octanol–water partition coefficient (Wildman–Crippen LogP) is 0.860. The molecule has 1 N–H and O–H groups in total. The van der Waals surface area contributed by atoms with Gasteiger partial charge in [0.25, 0.3) is 0 Å². The first-order valence-corrected chi connectivity index (χ1v) is 5.07. The molecule has 0 fully saturated rings. The van der Waals surface area contributed by atoms with Gasteiger partial charge in [-0.25, -0.2) is 0 Å². The van der Waals surface area contributed by atoms with Gasteiger partial charge in [0.1, 0.15) is 18.5 Å². The van der Waals surface area contributed by atoms with Gasteiger partial charge in [-0.3, -0.25) is 0 Å². The van der Waals surface area contributed by atoms with Crippen molar-refractivity contribution in [3.05, 3.63) is 29.8 Å². The van der Waals surface area contributed by atoms with Crippen molar-refractivity contribution in [2.24, 2.45) is 0 Å². The van der Waals surface area contributed by atoms with E-state index in [1.54, 1.807) is 24.3 Å². The molecule has 0 aliphatic rings. The van der Waals surface area contributed by atoms with Gasteiger partial charge in [0.05, 0.1) is 11.6 Å². The van der Waals surface area contributed by atoms with Crippen LogP contribution in [-0.2, 0) is 0 Å². The van der Waals surface area contributed by atoms with Crippen LogP contribution in [0, 0.1) is 11.3 Å². The third-order valence-electron chi connectivity index (χ3n) is 1.98. The smallest absolute Gasteiger partial charge is 0.120 e. The summed E-state index contributed by atoms with van der Waals surface area (Å²) in [5, 5.41) is 18.3. The van der Waals surface area contributed by atoms with Crippen LogP contribution in [0.4, 0.5) is 0 Å². The summed E-state index contributed by atoms with van der Waals surface area (Å²) in [5.41, 5.74) is 0.555. The first-order valence-electron chi connectivity index (χ1n) is 5.07. The molecule has 4 nitrogen and oxygen atoms in total. The highest BCUT2D eigenvalue weighted by Gasteiger charge is 2.06. The summed E-state index contributed by atoms with van der Waals surface area (Å²) in [5.74, 6) is 0.608. The lowest BCUT2D eigenvalue weighted by molar-refractivity contribution is 0.0831. The number of rotatable bonds is 5. The Labute approximate surface area is 95.7 Å². The van der Waals surface area contributed by atoms with Crippen LogP contribution in [0.3, 0.4) is 0 Å². The van der Waals surface area contributed by atoms with E-state index in [1.165, 1.54) is 0 Å². The maximum atomic E-state index is 9.58. The Morgan fingerprint density at radius 1 is 1.50 bits per heavy atom. The van der Waals surface area contributed by atoms with E-state index in [1.807, 2.05) is 25.1 Å². The SMILES string of the molecule is CN(C)CC(O)COc1cccc(C#N)c1. The molecule has 0 heterocycles. The van der Waals surface area contributed by atoms with Crippen molar-refractivity contribution >= 4 is 0 Å². The fourth-order valence-electron chi connectivity index (χ4n) is 1.32. The van der Waals surface area contributed by atoms with Gasteiger partial charge in [0.15, 0.2) is 0 Å². The van der Waals surface area contributed by atoms with Gasteiger partial charge in [-0.05, 0) is 32.3 Å². The summed E-state index contributed by atoms with van der Waals surface area (Å²) < 4.78 is 5.38. The second kappa shape index (κ2) is 6.11. The van der Waals surface area contributed by atoms with Crippen molar-refractivity contribution in [2.45, 2.75) is 6.10 Å². The molecule has 1 aromatic carbocycles. The number of nitriles is 1. The highest BCUT2D eigenvalue weighted by Crippen LogP contribution is 2.12. The zero-order valence-corrected chi connectivity index (χ0v) is 9.55. The molecule has 0 radical (unpaired) electrons. The molecule has 0 amide bonds. The maximum absolute atomic E-state index is 9.58. The van der Waals surface area contributed by atoms with Crippen LogP contribution in [0.25, 0.3) is 0 Å². The van der Waals surface area contributed by atoms with Crippen molar-refractivity contribution in [3.63, 3.8) is 0 Å². The van der Waals surface area contributed by atoms with Crippen LogP contribution in [0.2, 0.25) is 0 Å². The summed E-state index contributed by atoms with van der Waals surface area (Å²) >= 11 is 0. The third-order valence-corrected chi connectivity index (χ3v) is 1.98. The summed E-state index contributed by atoms with van der Waals surface area (Å²) in [6.07, 6.45) is -0.527. The lowest BCUT2D eigenvalue weighted by Crippen LogP contribution is -2.30. The maximum Gasteiger partial charge on any atom is 0.120 e. The number of hydrogen-bond acceptors (Lipinski definition) is 4. The van der Waals surface area contributed by atoms with E-state index < -0.39 is 6.10 Å². The first-order chi connectivity index (χ1) is 7.61. The van der Waals surface area contributed by atoms with E-state index in [0.717, 1.165) is 0 Å². The number of ether oxygens (including phenoxy) is 1. The van der Waals surface area contributed by atoms with Crippen LogP contribution >= 0.6 is 0 Å². The Morgan fingerprint density at radius 3 is 2.88 bits per heavy atom. The lowest BCUT2D eigenvalue weighted by Gasteiger charge is -2.16. The highest BCUT2D eigenvalue weighted by atomic mass is 16.5. The van der Waals surface area contributed by atoms with Gasteiger partial charge < -0.3 is 14.7 Å². The van der Waals surface area contributed by atoms with Crippen LogP contribution < -0.4 is 4.74 Å². The van der Waals surface area contributed by atoms with Crippen LogP contribution in [0.5, 0.6) is 5.75 Å². The van der Waals surface area contributed by atoms with Gasteiger partial charge in [-0.15, -0.1) is 0 Å². The quantitative estimate of drug-likeness (QED) is 0.799. The average molecular weight is 220 g/mol. The molecule has 0 aliphatic heterocycles. The summed E-state index contributed by atoms with van der Waals surface area (Å²) in [7, 11) is 3.78. The molecule has 1 aromatic rings. The molecule has 16 heavy (non-hydrogen) atoms. The van der Waals surface area contributed by atoms with E-state index in [2.05, 4.69) is 0 Å². The summed E-state index contributed by atoms with van der Waals surface area (Å²) in [4.78, 5) is 1.89. The molecule has 86 valence electrons. The molecule has 0 saturated carbocycles. The van der Waals surface area contributed by atoms with E-state index in [-0.39, 0.29) is 6.61 Å². The number of aliphatic hydroxyl groups excluding tert-OH is 1. The second-order valence-electron chi connectivity index (χ2n) is 3.87. The van der Waals surface area contributed by atoms with Gasteiger partial charge in [-0.1, -0.05) is 6.07 Å². The minimum absolute atomic E-state index is 0.229. The summed E-state index contributed by atoms with van der Waals surface area (Å²) in [6, 6.07) is 8.93. The molecule has 0 aromatic heterocycles. The van der Waals surface area contributed by atoms with Crippen LogP contribution in [-0.4, -0.2) is 43.4 Å². The second-order valence-corrected chi connectivity index (χ2v) is 3.87. The molecule has 1 rings (SSSR count). The average Bonchev–Trinajstić information content (AvgIpc) is 2.26. The van der Waals surface area contributed by atoms with Crippen molar-refractivity contribution in [3.8, 4) is 11.8 Å². The zero-order valence-electron chi connectivity index (χ0n) is 9.55. The Balaban J connectivity index is 2.45. The van der Waals surface area contributed by atoms with Crippen molar-refractivity contribution in [1.82, 2.24) is 4.90 Å². The Bertz CT molecular complexity index is 372. The van der Waals surface area contributed by atoms with Crippen molar-refractivity contribution in [2.75, 3.05) is 27.2 Å². The van der Waals surface area contributed by atoms with Crippen molar-refractivity contribution in [1.29, 1.82) is 5.26 Å². The molecule has 1 atom stereocenters. The largest absolute Gasteiger partial charge is 0.491 e. The molecule has 0 saturated heterocycles. The van der Waals surface area contributed by atoms with Gasteiger partial charge >= 0.3 is 0 Å². The Morgan fingerprint density at radius 2 is 2.25 bits per heavy atom. The number of hydrogen-bond donors (Lipinski definition) is 1. The predicted molar refractivity (Wildman–Crippen MR) is 61.2 cm³/mol. The van der Waals surface area contributed by atoms with E-state index in [4.69, 9.17) is 10.00 Å². The van der Waals surface area contributed by atoms with E-state index >= 15 is 0 Å². The number of nitrogens with zero attached hydrogens (tertiary/aromatic N) is 2. The van der Waals surface area contributed by atoms with E-state index in [9.17, 15) is 5.11 Å².